The number of carbonyl (C=O) groups excluding carboxylic acids is 2. The van der Waals surface area contributed by atoms with Gasteiger partial charge in [-0.25, -0.2) is 9.37 Å². The van der Waals surface area contributed by atoms with Gasteiger partial charge in [-0.1, -0.05) is 37.0 Å². The maximum atomic E-state index is 13.8. The van der Waals surface area contributed by atoms with Gasteiger partial charge in [-0.3, -0.25) is 19.6 Å². The van der Waals surface area contributed by atoms with E-state index in [4.69, 9.17) is 0 Å². The Hall–Kier alpha value is -3.40. The quantitative estimate of drug-likeness (QED) is 0.472. The van der Waals surface area contributed by atoms with Crippen molar-refractivity contribution in [2.45, 2.75) is 38.1 Å². The van der Waals surface area contributed by atoms with E-state index >= 15 is 0 Å². The highest BCUT2D eigenvalue weighted by atomic mass is 32.1. The summed E-state index contributed by atoms with van der Waals surface area (Å²) in [6, 6.07) is 4.29. The van der Waals surface area contributed by atoms with E-state index in [1.807, 2.05) is 0 Å². The highest BCUT2D eigenvalue weighted by molar-refractivity contribution is 7.17. The number of nitrogens with zero attached hydrogens (tertiary/aromatic N) is 3. The molecule has 0 aromatic carbocycles. The lowest BCUT2D eigenvalue weighted by Crippen LogP contribution is -2.44. The van der Waals surface area contributed by atoms with Gasteiger partial charge < -0.3 is 16.0 Å². The van der Waals surface area contributed by atoms with Gasteiger partial charge in [0.15, 0.2) is 10.9 Å². The van der Waals surface area contributed by atoms with Gasteiger partial charge >= 0.3 is 0 Å². The molecule has 8 nitrogen and oxygen atoms in total. The van der Waals surface area contributed by atoms with Crippen LogP contribution >= 0.6 is 11.3 Å². The second kappa shape index (κ2) is 10.3. The first-order chi connectivity index (χ1) is 15.6. The maximum absolute atomic E-state index is 13.8. The third kappa shape index (κ3) is 5.64. The SMILES string of the molecule is O=C(N[C@@H](CC1CCCC1)C(=O)Nc1cccnc1)c1cnc(Nc2ccncc2F)s1. The number of carbonyl (C=O) groups is 2. The number of rotatable bonds is 8. The second-order valence-corrected chi connectivity index (χ2v) is 8.68. The van der Waals surface area contributed by atoms with Crippen molar-refractivity contribution >= 4 is 39.7 Å². The van der Waals surface area contributed by atoms with Gasteiger partial charge in [-0.2, -0.15) is 0 Å². The Morgan fingerprint density at radius 3 is 2.69 bits per heavy atom. The summed E-state index contributed by atoms with van der Waals surface area (Å²) in [5.41, 5.74) is 0.795. The number of aromatic nitrogens is 3. The van der Waals surface area contributed by atoms with Crippen molar-refractivity contribution in [3.63, 3.8) is 0 Å². The molecule has 32 heavy (non-hydrogen) atoms. The zero-order valence-corrected chi connectivity index (χ0v) is 18.1. The molecule has 3 aromatic heterocycles. The molecule has 0 bridgehead atoms. The van der Waals surface area contributed by atoms with E-state index in [0.29, 0.717) is 28.0 Å². The first-order valence-electron chi connectivity index (χ1n) is 10.4. The average Bonchev–Trinajstić information content (AvgIpc) is 3.48. The Labute approximate surface area is 188 Å². The first kappa shape index (κ1) is 21.8. The molecule has 0 unspecified atom stereocenters. The van der Waals surface area contributed by atoms with Crippen LogP contribution < -0.4 is 16.0 Å². The van der Waals surface area contributed by atoms with Crippen molar-refractivity contribution in [1.29, 1.82) is 0 Å². The summed E-state index contributed by atoms with van der Waals surface area (Å²) < 4.78 is 13.8. The molecule has 4 rings (SSSR count). The van der Waals surface area contributed by atoms with Crippen LogP contribution in [0.3, 0.4) is 0 Å². The molecule has 3 heterocycles. The standard InChI is InChI=1S/C22H23FN6O2S/c23-16-12-25-9-7-17(16)29-22-26-13-19(32-22)21(31)28-18(10-14-4-1-2-5-14)20(30)27-15-6-3-8-24-11-15/h3,6-9,11-14,18H,1-2,4-5,10H2,(H,27,30)(H,28,31)(H,25,26,29)/t18-/m0/s1. The zero-order chi connectivity index (χ0) is 22.3. The highest BCUT2D eigenvalue weighted by Crippen LogP contribution is 2.29. The minimum absolute atomic E-state index is 0.219. The zero-order valence-electron chi connectivity index (χ0n) is 17.3. The van der Waals surface area contributed by atoms with Crippen LogP contribution in [0.25, 0.3) is 0 Å². The number of anilines is 3. The monoisotopic (exact) mass is 454 g/mol. The van der Waals surface area contributed by atoms with Crippen molar-refractivity contribution in [3.8, 4) is 0 Å². The maximum Gasteiger partial charge on any atom is 0.263 e. The summed E-state index contributed by atoms with van der Waals surface area (Å²) in [5, 5.41) is 8.89. The predicted molar refractivity (Wildman–Crippen MR) is 120 cm³/mol. The largest absolute Gasteiger partial charge is 0.339 e. The van der Waals surface area contributed by atoms with E-state index in [1.54, 1.807) is 24.5 Å². The van der Waals surface area contributed by atoms with Crippen LogP contribution in [-0.4, -0.2) is 32.8 Å². The molecule has 3 aromatic rings. The molecular formula is C22H23FN6O2S. The number of halogens is 1. The minimum Gasteiger partial charge on any atom is -0.339 e. The lowest BCUT2D eigenvalue weighted by Gasteiger charge is -2.21. The Morgan fingerprint density at radius 1 is 1.12 bits per heavy atom. The fourth-order valence-corrected chi connectivity index (χ4v) is 4.47. The second-order valence-electron chi connectivity index (χ2n) is 7.65. The Morgan fingerprint density at radius 2 is 1.94 bits per heavy atom. The summed E-state index contributed by atoms with van der Waals surface area (Å²) in [4.78, 5) is 38.0. The van der Waals surface area contributed by atoms with E-state index in [-0.39, 0.29) is 11.6 Å². The molecule has 166 valence electrons. The molecule has 1 aliphatic carbocycles. The van der Waals surface area contributed by atoms with E-state index in [2.05, 4.69) is 30.9 Å². The molecule has 1 atom stereocenters. The molecule has 0 saturated heterocycles. The van der Waals surface area contributed by atoms with Gasteiger partial charge in [-0.15, -0.1) is 0 Å². The first-order valence-corrected chi connectivity index (χ1v) is 11.2. The molecule has 1 aliphatic rings. The Bertz CT molecular complexity index is 1070. The molecule has 0 radical (unpaired) electrons. The van der Waals surface area contributed by atoms with Crippen LogP contribution in [0.1, 0.15) is 41.8 Å². The normalized spacial score (nSPS) is 14.7. The fraction of sp³-hybridized carbons (Fsp3) is 0.318. The molecule has 1 fully saturated rings. The molecule has 2 amide bonds. The number of amides is 2. The van der Waals surface area contributed by atoms with Gasteiger partial charge in [0.05, 0.1) is 30.0 Å². The number of hydrogen-bond acceptors (Lipinski definition) is 7. The Balaban J connectivity index is 1.44. The van der Waals surface area contributed by atoms with Crippen LogP contribution in [0.5, 0.6) is 0 Å². The van der Waals surface area contributed by atoms with Crippen LogP contribution in [0.4, 0.5) is 20.9 Å². The third-order valence-electron chi connectivity index (χ3n) is 5.34. The summed E-state index contributed by atoms with van der Waals surface area (Å²) >= 11 is 1.08. The van der Waals surface area contributed by atoms with E-state index in [0.717, 1.165) is 43.2 Å². The summed E-state index contributed by atoms with van der Waals surface area (Å²) in [5.74, 6) is -0.791. The number of hydrogen-bond donors (Lipinski definition) is 3. The average molecular weight is 455 g/mol. The van der Waals surface area contributed by atoms with Crippen molar-refractivity contribution < 1.29 is 14.0 Å². The number of thiazole rings is 1. The summed E-state index contributed by atoms with van der Waals surface area (Å²) in [6.45, 7) is 0. The van der Waals surface area contributed by atoms with Gasteiger partial charge in [0.1, 0.15) is 10.9 Å². The van der Waals surface area contributed by atoms with E-state index in [9.17, 15) is 14.0 Å². The molecule has 10 heteroatoms. The van der Waals surface area contributed by atoms with Crippen molar-refractivity contribution in [3.05, 3.63) is 59.9 Å². The molecule has 0 aliphatic heterocycles. The van der Waals surface area contributed by atoms with Crippen LogP contribution in [0.2, 0.25) is 0 Å². The third-order valence-corrected chi connectivity index (χ3v) is 6.25. The van der Waals surface area contributed by atoms with Crippen molar-refractivity contribution in [1.82, 2.24) is 20.3 Å². The van der Waals surface area contributed by atoms with Gasteiger partial charge in [0.2, 0.25) is 5.91 Å². The van der Waals surface area contributed by atoms with Crippen molar-refractivity contribution in [2.75, 3.05) is 10.6 Å². The van der Waals surface area contributed by atoms with Gasteiger partial charge in [-0.05, 0) is 30.5 Å². The summed E-state index contributed by atoms with van der Waals surface area (Å²) in [7, 11) is 0. The lowest BCUT2D eigenvalue weighted by molar-refractivity contribution is -0.118. The fourth-order valence-electron chi connectivity index (χ4n) is 3.74. The smallest absolute Gasteiger partial charge is 0.263 e. The number of nitrogens with one attached hydrogen (secondary N) is 3. The van der Waals surface area contributed by atoms with Crippen molar-refractivity contribution in [2.24, 2.45) is 5.92 Å². The molecule has 3 N–H and O–H groups in total. The van der Waals surface area contributed by atoms with Gasteiger partial charge in [0.25, 0.3) is 5.91 Å². The number of pyridine rings is 2. The molecule has 0 spiro atoms. The highest BCUT2D eigenvalue weighted by Gasteiger charge is 2.27. The predicted octanol–water partition coefficient (Wildman–Crippen LogP) is 4.13. The molecule has 1 saturated carbocycles. The topological polar surface area (TPSA) is 109 Å². The van der Waals surface area contributed by atoms with Gasteiger partial charge in [0, 0.05) is 12.4 Å². The van der Waals surface area contributed by atoms with Crippen LogP contribution in [0.15, 0.2) is 49.2 Å². The molecular weight excluding hydrogens is 431 g/mol. The van der Waals surface area contributed by atoms with Crippen LogP contribution in [0, 0.1) is 11.7 Å². The van der Waals surface area contributed by atoms with E-state index < -0.39 is 17.8 Å². The minimum atomic E-state index is -0.679. The summed E-state index contributed by atoms with van der Waals surface area (Å²) in [6.07, 6.45) is 12.1. The lowest BCUT2D eigenvalue weighted by atomic mass is 9.97. The van der Waals surface area contributed by atoms with Crippen LogP contribution in [-0.2, 0) is 4.79 Å². The van der Waals surface area contributed by atoms with E-state index in [1.165, 1.54) is 18.5 Å². The Kier molecular flexibility index (Phi) is 7.00.